The van der Waals surface area contributed by atoms with E-state index in [-0.39, 0.29) is 11.4 Å². The van der Waals surface area contributed by atoms with Gasteiger partial charge in [-0.25, -0.2) is 18.2 Å². The van der Waals surface area contributed by atoms with Crippen molar-refractivity contribution in [3.8, 4) is 11.4 Å². The average molecular weight is 227 g/mol. The van der Waals surface area contributed by atoms with Crippen LogP contribution in [0.15, 0.2) is 12.1 Å². The summed E-state index contributed by atoms with van der Waals surface area (Å²) in [6.45, 7) is 1.86. The van der Waals surface area contributed by atoms with Gasteiger partial charge in [0.2, 0.25) is 0 Å². The lowest BCUT2D eigenvalue weighted by atomic mass is 10.2. The SMILES string of the molecule is CCc1nc(-c2cc(F)c(F)c(F)c2)n[nH]1. The van der Waals surface area contributed by atoms with Crippen LogP contribution < -0.4 is 0 Å². The van der Waals surface area contributed by atoms with Gasteiger partial charge in [-0.15, -0.1) is 0 Å². The van der Waals surface area contributed by atoms with Gasteiger partial charge in [0.25, 0.3) is 0 Å². The standard InChI is InChI=1S/C10H8F3N3/c1-2-8-14-10(16-15-8)5-3-6(11)9(13)7(12)4-5/h3-4H,2H2,1H3,(H,14,15,16). The van der Waals surface area contributed by atoms with Gasteiger partial charge < -0.3 is 0 Å². The molecule has 0 atom stereocenters. The molecule has 0 spiro atoms. The molecule has 0 unspecified atom stereocenters. The van der Waals surface area contributed by atoms with E-state index in [2.05, 4.69) is 15.2 Å². The van der Waals surface area contributed by atoms with Crippen molar-refractivity contribution in [2.45, 2.75) is 13.3 Å². The van der Waals surface area contributed by atoms with Crippen LogP contribution in [0.25, 0.3) is 11.4 Å². The highest BCUT2D eigenvalue weighted by Gasteiger charge is 2.13. The fraction of sp³-hybridized carbons (Fsp3) is 0.200. The Bertz CT molecular complexity index is 499. The van der Waals surface area contributed by atoms with Gasteiger partial charge in [-0.1, -0.05) is 6.92 Å². The number of aromatic amines is 1. The van der Waals surface area contributed by atoms with E-state index in [1.165, 1.54) is 0 Å². The smallest absolute Gasteiger partial charge is 0.194 e. The van der Waals surface area contributed by atoms with Crippen LogP contribution in [0.2, 0.25) is 0 Å². The summed E-state index contributed by atoms with van der Waals surface area (Å²) < 4.78 is 38.6. The number of halogens is 3. The molecule has 1 aromatic carbocycles. The van der Waals surface area contributed by atoms with Gasteiger partial charge in [0.1, 0.15) is 5.82 Å². The third kappa shape index (κ3) is 1.78. The summed E-state index contributed by atoms with van der Waals surface area (Å²) >= 11 is 0. The van der Waals surface area contributed by atoms with Gasteiger partial charge in [-0.05, 0) is 12.1 Å². The quantitative estimate of drug-likeness (QED) is 0.800. The van der Waals surface area contributed by atoms with Gasteiger partial charge >= 0.3 is 0 Å². The molecule has 0 aliphatic heterocycles. The van der Waals surface area contributed by atoms with Crippen LogP contribution in [0.4, 0.5) is 13.2 Å². The van der Waals surface area contributed by atoms with Crippen molar-refractivity contribution in [1.82, 2.24) is 15.2 Å². The Morgan fingerprint density at radius 2 is 1.81 bits per heavy atom. The van der Waals surface area contributed by atoms with Gasteiger partial charge in [-0.2, -0.15) is 5.10 Å². The van der Waals surface area contributed by atoms with E-state index >= 15 is 0 Å². The molecule has 84 valence electrons. The summed E-state index contributed by atoms with van der Waals surface area (Å²) in [6.07, 6.45) is 0.624. The van der Waals surface area contributed by atoms with Crippen LogP contribution >= 0.6 is 0 Å². The van der Waals surface area contributed by atoms with E-state index < -0.39 is 17.5 Å². The molecule has 0 saturated heterocycles. The Morgan fingerprint density at radius 1 is 1.19 bits per heavy atom. The number of aromatic nitrogens is 3. The lowest BCUT2D eigenvalue weighted by Gasteiger charge is -1.98. The van der Waals surface area contributed by atoms with E-state index in [4.69, 9.17) is 0 Å². The highest BCUT2D eigenvalue weighted by atomic mass is 19.2. The summed E-state index contributed by atoms with van der Waals surface area (Å²) in [5, 5.41) is 6.38. The molecule has 0 saturated carbocycles. The fourth-order valence-corrected chi connectivity index (χ4v) is 1.27. The topological polar surface area (TPSA) is 41.6 Å². The minimum atomic E-state index is -1.49. The first-order chi connectivity index (χ1) is 7.61. The molecule has 0 radical (unpaired) electrons. The third-order valence-electron chi connectivity index (χ3n) is 2.11. The zero-order valence-corrected chi connectivity index (χ0v) is 8.39. The van der Waals surface area contributed by atoms with Crippen LogP contribution in [0.3, 0.4) is 0 Å². The molecule has 0 bridgehead atoms. The summed E-state index contributed by atoms with van der Waals surface area (Å²) in [6, 6.07) is 1.72. The maximum Gasteiger partial charge on any atom is 0.194 e. The van der Waals surface area contributed by atoms with Crippen molar-refractivity contribution in [2.24, 2.45) is 0 Å². The van der Waals surface area contributed by atoms with Gasteiger partial charge in [0, 0.05) is 12.0 Å². The van der Waals surface area contributed by atoms with Crippen molar-refractivity contribution >= 4 is 0 Å². The molecule has 0 aliphatic carbocycles. The molecular weight excluding hydrogens is 219 g/mol. The number of nitrogens with one attached hydrogen (secondary N) is 1. The Labute approximate surface area is 89.3 Å². The molecule has 1 heterocycles. The van der Waals surface area contributed by atoms with Crippen LogP contribution in [0.1, 0.15) is 12.7 Å². The zero-order chi connectivity index (χ0) is 11.7. The lowest BCUT2D eigenvalue weighted by Crippen LogP contribution is -1.92. The Morgan fingerprint density at radius 3 is 2.31 bits per heavy atom. The van der Waals surface area contributed by atoms with E-state index in [9.17, 15) is 13.2 Å². The monoisotopic (exact) mass is 227 g/mol. The lowest BCUT2D eigenvalue weighted by molar-refractivity contribution is 0.447. The highest BCUT2D eigenvalue weighted by Crippen LogP contribution is 2.20. The number of H-pyrrole nitrogens is 1. The summed E-state index contributed by atoms with van der Waals surface area (Å²) in [4.78, 5) is 3.99. The van der Waals surface area contributed by atoms with Crippen molar-refractivity contribution in [2.75, 3.05) is 0 Å². The van der Waals surface area contributed by atoms with Crippen molar-refractivity contribution in [1.29, 1.82) is 0 Å². The molecule has 6 heteroatoms. The molecule has 2 aromatic rings. The second kappa shape index (κ2) is 3.96. The Kier molecular flexibility index (Phi) is 2.64. The second-order valence-corrected chi connectivity index (χ2v) is 3.21. The molecule has 1 aromatic heterocycles. The predicted molar refractivity (Wildman–Crippen MR) is 51.1 cm³/mol. The number of aryl methyl sites for hydroxylation is 1. The summed E-state index contributed by atoms with van der Waals surface area (Å²) in [5.74, 6) is -3.25. The number of hydrogen-bond acceptors (Lipinski definition) is 2. The Balaban J connectivity index is 2.48. The first-order valence-corrected chi connectivity index (χ1v) is 4.68. The zero-order valence-electron chi connectivity index (χ0n) is 8.39. The fourth-order valence-electron chi connectivity index (χ4n) is 1.27. The maximum atomic E-state index is 12.9. The molecule has 3 nitrogen and oxygen atoms in total. The summed E-state index contributed by atoms with van der Waals surface area (Å²) in [7, 11) is 0. The molecule has 0 fully saturated rings. The second-order valence-electron chi connectivity index (χ2n) is 3.21. The highest BCUT2D eigenvalue weighted by molar-refractivity contribution is 5.54. The van der Waals surface area contributed by atoms with Crippen LogP contribution in [0.5, 0.6) is 0 Å². The predicted octanol–water partition coefficient (Wildman–Crippen LogP) is 2.45. The minimum Gasteiger partial charge on any atom is -0.263 e. The van der Waals surface area contributed by atoms with E-state index in [0.717, 1.165) is 12.1 Å². The number of rotatable bonds is 2. The minimum absolute atomic E-state index is 0.104. The van der Waals surface area contributed by atoms with E-state index in [0.29, 0.717) is 12.2 Å². The number of hydrogen-bond donors (Lipinski definition) is 1. The molecule has 0 amide bonds. The molecule has 0 aliphatic rings. The Hall–Kier alpha value is -1.85. The largest absolute Gasteiger partial charge is 0.263 e. The van der Waals surface area contributed by atoms with Gasteiger partial charge in [-0.3, -0.25) is 5.10 Å². The average Bonchev–Trinajstić information content (AvgIpc) is 2.73. The van der Waals surface area contributed by atoms with Crippen molar-refractivity contribution in [3.63, 3.8) is 0 Å². The van der Waals surface area contributed by atoms with E-state index in [1.807, 2.05) is 6.92 Å². The summed E-state index contributed by atoms with van der Waals surface area (Å²) in [5.41, 5.74) is 0.104. The van der Waals surface area contributed by atoms with Crippen LogP contribution in [-0.2, 0) is 6.42 Å². The maximum absolute atomic E-state index is 12.9. The normalized spacial score (nSPS) is 10.8. The van der Waals surface area contributed by atoms with Gasteiger partial charge in [0.05, 0.1) is 0 Å². The van der Waals surface area contributed by atoms with Crippen molar-refractivity contribution in [3.05, 3.63) is 35.4 Å². The number of nitrogens with zero attached hydrogens (tertiary/aromatic N) is 2. The molecule has 2 rings (SSSR count). The number of benzene rings is 1. The van der Waals surface area contributed by atoms with Crippen LogP contribution in [0, 0.1) is 17.5 Å². The molecule has 1 N–H and O–H groups in total. The molecular formula is C10H8F3N3. The third-order valence-corrected chi connectivity index (χ3v) is 2.11. The van der Waals surface area contributed by atoms with Crippen LogP contribution in [-0.4, -0.2) is 15.2 Å². The first-order valence-electron chi connectivity index (χ1n) is 4.68. The first kappa shape index (κ1) is 10.7. The van der Waals surface area contributed by atoms with Crippen molar-refractivity contribution < 1.29 is 13.2 Å². The van der Waals surface area contributed by atoms with Gasteiger partial charge in [0.15, 0.2) is 23.3 Å². The van der Waals surface area contributed by atoms with E-state index in [1.54, 1.807) is 0 Å². The molecule has 16 heavy (non-hydrogen) atoms.